The molecule has 0 amide bonds. The standard InChI is InChI=1S/C15H19ClN2O2/c1-2-3-4-5-18-13(10-17)11-8-12(16)15-14(9-11)19-6-7-20-15/h8-9,13,18H,4-7,10,17H2,1H3. The van der Waals surface area contributed by atoms with Crippen LogP contribution in [-0.4, -0.2) is 26.3 Å². The Kier molecular flexibility index (Phi) is 5.54. The largest absolute Gasteiger partial charge is 0.486 e. The molecule has 108 valence electrons. The first-order valence-corrected chi connectivity index (χ1v) is 7.06. The normalized spacial score (nSPS) is 14.3. The van der Waals surface area contributed by atoms with Gasteiger partial charge in [-0.05, 0) is 24.6 Å². The van der Waals surface area contributed by atoms with Crippen LogP contribution in [0.25, 0.3) is 0 Å². The van der Waals surface area contributed by atoms with E-state index >= 15 is 0 Å². The lowest BCUT2D eigenvalue weighted by Crippen LogP contribution is -2.29. The quantitative estimate of drug-likeness (QED) is 0.645. The van der Waals surface area contributed by atoms with E-state index in [-0.39, 0.29) is 6.04 Å². The van der Waals surface area contributed by atoms with Gasteiger partial charge < -0.3 is 20.5 Å². The summed E-state index contributed by atoms with van der Waals surface area (Å²) >= 11 is 6.24. The number of rotatable bonds is 5. The van der Waals surface area contributed by atoms with E-state index in [4.69, 9.17) is 26.8 Å². The molecule has 2 rings (SSSR count). The van der Waals surface area contributed by atoms with E-state index in [1.165, 1.54) is 0 Å². The fourth-order valence-electron chi connectivity index (χ4n) is 2.10. The zero-order valence-corrected chi connectivity index (χ0v) is 12.3. The van der Waals surface area contributed by atoms with Gasteiger partial charge in [0, 0.05) is 25.6 Å². The van der Waals surface area contributed by atoms with Crippen LogP contribution >= 0.6 is 11.6 Å². The minimum absolute atomic E-state index is 0.0296. The lowest BCUT2D eigenvalue weighted by Gasteiger charge is -2.23. The Labute approximate surface area is 124 Å². The van der Waals surface area contributed by atoms with Crippen molar-refractivity contribution in [1.29, 1.82) is 0 Å². The molecule has 0 radical (unpaired) electrons. The van der Waals surface area contributed by atoms with Gasteiger partial charge in [0.15, 0.2) is 11.5 Å². The van der Waals surface area contributed by atoms with Gasteiger partial charge in [-0.15, -0.1) is 11.8 Å². The molecule has 3 N–H and O–H groups in total. The van der Waals surface area contributed by atoms with E-state index in [2.05, 4.69) is 17.2 Å². The van der Waals surface area contributed by atoms with E-state index in [1.54, 1.807) is 0 Å². The molecule has 1 aliphatic rings. The highest BCUT2D eigenvalue weighted by Crippen LogP contribution is 2.39. The molecule has 1 aliphatic heterocycles. The Balaban J connectivity index is 2.12. The van der Waals surface area contributed by atoms with Gasteiger partial charge in [-0.25, -0.2) is 0 Å². The molecule has 0 spiro atoms. The van der Waals surface area contributed by atoms with Crippen LogP contribution in [0.1, 0.15) is 24.9 Å². The summed E-state index contributed by atoms with van der Waals surface area (Å²) in [6.45, 7) is 4.17. The van der Waals surface area contributed by atoms with Gasteiger partial charge in [0.2, 0.25) is 0 Å². The summed E-state index contributed by atoms with van der Waals surface area (Å²) < 4.78 is 11.1. The fraction of sp³-hybridized carbons (Fsp3) is 0.467. The molecule has 1 aromatic carbocycles. The van der Waals surface area contributed by atoms with Gasteiger partial charge in [0.25, 0.3) is 0 Å². The van der Waals surface area contributed by atoms with Crippen molar-refractivity contribution in [3.63, 3.8) is 0 Å². The van der Waals surface area contributed by atoms with E-state index in [1.807, 2.05) is 19.1 Å². The number of nitrogens with two attached hydrogens (primary N) is 1. The van der Waals surface area contributed by atoms with Gasteiger partial charge in [-0.3, -0.25) is 0 Å². The third-order valence-corrected chi connectivity index (χ3v) is 3.36. The summed E-state index contributed by atoms with van der Waals surface area (Å²) in [6.07, 6.45) is 0.797. The number of hydrogen-bond acceptors (Lipinski definition) is 4. The number of halogens is 1. The number of nitrogens with one attached hydrogen (secondary N) is 1. The van der Waals surface area contributed by atoms with Crippen molar-refractivity contribution >= 4 is 11.6 Å². The van der Waals surface area contributed by atoms with E-state index < -0.39 is 0 Å². The minimum atomic E-state index is 0.0296. The van der Waals surface area contributed by atoms with Gasteiger partial charge in [-0.2, -0.15) is 0 Å². The molecule has 0 saturated carbocycles. The van der Waals surface area contributed by atoms with Crippen molar-refractivity contribution in [2.45, 2.75) is 19.4 Å². The van der Waals surface area contributed by atoms with Crippen molar-refractivity contribution in [2.75, 3.05) is 26.3 Å². The SMILES string of the molecule is CC#CCCNC(CN)c1cc(Cl)c2c(c1)OCCO2. The smallest absolute Gasteiger partial charge is 0.179 e. The van der Waals surface area contributed by atoms with Crippen LogP contribution in [-0.2, 0) is 0 Å². The highest BCUT2D eigenvalue weighted by Gasteiger charge is 2.19. The maximum Gasteiger partial charge on any atom is 0.179 e. The molecule has 5 heteroatoms. The molecule has 0 bridgehead atoms. The lowest BCUT2D eigenvalue weighted by atomic mass is 10.1. The zero-order valence-electron chi connectivity index (χ0n) is 11.5. The molecular weight excluding hydrogens is 276 g/mol. The Morgan fingerprint density at radius 3 is 2.95 bits per heavy atom. The van der Waals surface area contributed by atoms with Crippen molar-refractivity contribution in [3.05, 3.63) is 22.7 Å². The Morgan fingerprint density at radius 2 is 2.20 bits per heavy atom. The summed E-state index contributed by atoms with van der Waals surface area (Å²) in [5.74, 6) is 7.19. The summed E-state index contributed by atoms with van der Waals surface area (Å²) in [6, 6.07) is 3.85. The molecule has 1 aromatic rings. The lowest BCUT2D eigenvalue weighted by molar-refractivity contribution is 0.171. The monoisotopic (exact) mass is 294 g/mol. The van der Waals surface area contributed by atoms with Crippen molar-refractivity contribution in [1.82, 2.24) is 5.32 Å². The molecule has 1 unspecified atom stereocenters. The van der Waals surface area contributed by atoms with Gasteiger partial charge >= 0.3 is 0 Å². The van der Waals surface area contributed by atoms with Crippen molar-refractivity contribution in [2.24, 2.45) is 5.73 Å². The van der Waals surface area contributed by atoms with E-state index in [9.17, 15) is 0 Å². The zero-order chi connectivity index (χ0) is 14.4. The Hall–Kier alpha value is -1.41. The summed E-state index contributed by atoms with van der Waals surface area (Å²) in [5, 5.41) is 3.93. The Bertz CT molecular complexity index is 523. The van der Waals surface area contributed by atoms with Crippen LogP contribution in [0.2, 0.25) is 5.02 Å². The van der Waals surface area contributed by atoms with Gasteiger partial charge in [0.1, 0.15) is 13.2 Å². The molecule has 1 heterocycles. The van der Waals surface area contributed by atoms with Gasteiger partial charge in [-0.1, -0.05) is 11.6 Å². The van der Waals surface area contributed by atoms with E-state index in [0.29, 0.717) is 36.3 Å². The third kappa shape index (κ3) is 3.57. The predicted octanol–water partition coefficient (Wildman–Crippen LogP) is 2.11. The maximum absolute atomic E-state index is 6.24. The number of hydrogen-bond donors (Lipinski definition) is 2. The molecule has 4 nitrogen and oxygen atoms in total. The van der Waals surface area contributed by atoms with Crippen LogP contribution in [0.15, 0.2) is 12.1 Å². The summed E-state index contributed by atoms with van der Waals surface area (Å²) in [7, 11) is 0. The first kappa shape index (κ1) is 15.0. The van der Waals surface area contributed by atoms with Gasteiger partial charge in [0.05, 0.1) is 5.02 Å². The highest BCUT2D eigenvalue weighted by molar-refractivity contribution is 6.32. The number of fused-ring (bicyclic) bond motifs is 1. The molecule has 0 saturated heterocycles. The highest BCUT2D eigenvalue weighted by atomic mass is 35.5. The molecule has 1 atom stereocenters. The molecule has 0 aliphatic carbocycles. The molecule has 0 fully saturated rings. The van der Waals surface area contributed by atoms with Crippen LogP contribution in [0.5, 0.6) is 11.5 Å². The average Bonchev–Trinajstić information content (AvgIpc) is 2.47. The van der Waals surface area contributed by atoms with Crippen LogP contribution in [0.4, 0.5) is 0 Å². The third-order valence-electron chi connectivity index (χ3n) is 3.07. The first-order valence-electron chi connectivity index (χ1n) is 6.68. The first-order chi connectivity index (χ1) is 9.76. The second-order valence-electron chi connectivity index (χ2n) is 4.45. The molecular formula is C15H19ClN2O2. The number of ether oxygens (including phenoxy) is 2. The second-order valence-corrected chi connectivity index (χ2v) is 4.85. The molecule has 20 heavy (non-hydrogen) atoms. The Morgan fingerprint density at radius 1 is 1.40 bits per heavy atom. The maximum atomic E-state index is 6.24. The average molecular weight is 295 g/mol. The van der Waals surface area contributed by atoms with Crippen molar-refractivity contribution < 1.29 is 9.47 Å². The van der Waals surface area contributed by atoms with Crippen LogP contribution < -0.4 is 20.5 Å². The topological polar surface area (TPSA) is 56.5 Å². The predicted molar refractivity (Wildman–Crippen MR) is 80.3 cm³/mol. The fourth-order valence-corrected chi connectivity index (χ4v) is 2.38. The van der Waals surface area contributed by atoms with Crippen molar-refractivity contribution in [3.8, 4) is 23.3 Å². The minimum Gasteiger partial charge on any atom is -0.486 e. The van der Waals surface area contributed by atoms with Crippen LogP contribution in [0.3, 0.4) is 0 Å². The molecule has 0 aromatic heterocycles. The second kappa shape index (κ2) is 7.39. The number of benzene rings is 1. The summed E-state index contributed by atoms with van der Waals surface area (Å²) in [4.78, 5) is 0. The van der Waals surface area contributed by atoms with E-state index in [0.717, 1.165) is 18.5 Å². The summed E-state index contributed by atoms with van der Waals surface area (Å²) in [5.41, 5.74) is 6.84. The van der Waals surface area contributed by atoms with Crippen LogP contribution in [0, 0.1) is 11.8 Å².